The smallest absolute Gasteiger partial charge is 0.252 e. The lowest BCUT2D eigenvalue weighted by Gasteiger charge is -2.19. The number of hydrogen-bond acceptors (Lipinski definition) is 5. The average molecular weight is 430 g/mol. The van der Waals surface area contributed by atoms with Gasteiger partial charge in [-0.25, -0.2) is 5.06 Å². The van der Waals surface area contributed by atoms with E-state index in [1.165, 1.54) is 0 Å². The Hall–Kier alpha value is -3.20. The van der Waals surface area contributed by atoms with Crippen molar-refractivity contribution in [3.05, 3.63) is 42.2 Å². The molecule has 0 radical (unpaired) electrons. The van der Waals surface area contributed by atoms with Crippen LogP contribution in [0.5, 0.6) is 0 Å². The Bertz CT molecular complexity index is 867. The molecule has 168 valence electrons. The molecular weight excluding hydrogens is 398 g/mol. The fourth-order valence-corrected chi connectivity index (χ4v) is 3.20. The molecule has 2 aromatic rings. The second kappa shape index (κ2) is 12.5. The zero-order valence-electron chi connectivity index (χ0n) is 18.1. The second-order valence-electron chi connectivity index (χ2n) is 7.31. The second-order valence-corrected chi connectivity index (χ2v) is 7.31. The molecule has 3 amide bonds. The maximum absolute atomic E-state index is 12.5. The van der Waals surface area contributed by atoms with Crippen molar-refractivity contribution < 1.29 is 19.6 Å². The Kier molecular flexibility index (Phi) is 9.70. The van der Waals surface area contributed by atoms with E-state index in [-0.39, 0.29) is 31.4 Å². The van der Waals surface area contributed by atoms with Crippen molar-refractivity contribution in [2.45, 2.75) is 46.1 Å². The lowest BCUT2D eigenvalue weighted by Crippen LogP contribution is -2.43. The van der Waals surface area contributed by atoms with Gasteiger partial charge in [-0.3, -0.25) is 24.3 Å². The quantitative estimate of drug-likeness (QED) is 0.149. The molecule has 1 heterocycles. The summed E-state index contributed by atoms with van der Waals surface area (Å²) in [5, 5.41) is 19.5. The van der Waals surface area contributed by atoms with Crippen LogP contribution < -0.4 is 10.6 Å². The van der Waals surface area contributed by atoms with Crippen LogP contribution in [0, 0.1) is 5.92 Å². The molecule has 1 aromatic heterocycles. The molecule has 0 spiro atoms. The summed E-state index contributed by atoms with van der Waals surface area (Å²) in [4.78, 5) is 35.6. The zero-order valence-corrected chi connectivity index (χ0v) is 18.1. The van der Waals surface area contributed by atoms with Crippen LogP contribution in [0.3, 0.4) is 0 Å². The highest BCUT2D eigenvalue weighted by molar-refractivity contribution is 5.95. The number of hydrogen-bond donors (Lipinski definition) is 3. The Labute approximate surface area is 182 Å². The number of benzene rings is 1. The number of rotatable bonds is 13. The third kappa shape index (κ3) is 7.53. The van der Waals surface area contributed by atoms with E-state index in [0.29, 0.717) is 17.0 Å². The van der Waals surface area contributed by atoms with Crippen LogP contribution in [0.4, 0.5) is 0 Å². The molecule has 0 saturated carbocycles. The standard InChI is InChI=1S/C22H31N5O4/c1-3-5-6-8-19(14-27(31)16-28)22(30)24-15-23-21(29)18-10-7-9-17(11-18)20-12-25-26(4-2)13-20/h7,9-13,16,19,31H,3-6,8,14-15H2,1-2H3,(H,23,29)(H,24,30). The Morgan fingerprint density at radius 2 is 2.03 bits per heavy atom. The number of aromatic nitrogens is 2. The van der Waals surface area contributed by atoms with Gasteiger partial charge in [-0.1, -0.05) is 38.3 Å². The third-order valence-electron chi connectivity index (χ3n) is 4.98. The van der Waals surface area contributed by atoms with E-state index < -0.39 is 5.92 Å². The molecule has 3 N–H and O–H groups in total. The summed E-state index contributed by atoms with van der Waals surface area (Å²) in [5.41, 5.74) is 2.27. The van der Waals surface area contributed by atoms with Crippen molar-refractivity contribution in [2.24, 2.45) is 5.92 Å². The third-order valence-corrected chi connectivity index (χ3v) is 4.98. The fraction of sp³-hybridized carbons (Fsp3) is 0.455. The molecule has 0 bridgehead atoms. The molecule has 0 fully saturated rings. The Balaban J connectivity index is 1.91. The predicted octanol–water partition coefficient (Wildman–Crippen LogP) is 2.42. The van der Waals surface area contributed by atoms with Crippen LogP contribution in [-0.4, -0.2) is 51.5 Å². The molecule has 2 rings (SSSR count). The highest BCUT2D eigenvalue weighted by Gasteiger charge is 2.20. The number of unbranched alkanes of at least 4 members (excludes halogenated alkanes) is 2. The van der Waals surface area contributed by atoms with Crippen LogP contribution in [0.15, 0.2) is 36.7 Å². The van der Waals surface area contributed by atoms with E-state index >= 15 is 0 Å². The van der Waals surface area contributed by atoms with E-state index in [1.807, 2.05) is 23.9 Å². The van der Waals surface area contributed by atoms with E-state index in [1.54, 1.807) is 24.4 Å². The van der Waals surface area contributed by atoms with Gasteiger partial charge in [0.25, 0.3) is 5.91 Å². The number of nitrogens with zero attached hydrogens (tertiary/aromatic N) is 3. The largest absolute Gasteiger partial charge is 0.338 e. The summed E-state index contributed by atoms with van der Waals surface area (Å²) in [5.74, 6) is -1.18. The number of carbonyl (C=O) groups excluding carboxylic acids is 3. The van der Waals surface area contributed by atoms with E-state index in [2.05, 4.69) is 22.7 Å². The molecular formula is C22H31N5O4. The van der Waals surface area contributed by atoms with Gasteiger partial charge in [-0.05, 0) is 31.0 Å². The highest BCUT2D eigenvalue weighted by Crippen LogP contribution is 2.19. The molecule has 0 aliphatic carbocycles. The summed E-state index contributed by atoms with van der Waals surface area (Å²) in [6, 6.07) is 7.18. The van der Waals surface area contributed by atoms with Gasteiger partial charge in [0.05, 0.1) is 25.3 Å². The van der Waals surface area contributed by atoms with E-state index in [0.717, 1.165) is 36.9 Å². The topological polar surface area (TPSA) is 117 Å². The van der Waals surface area contributed by atoms with Gasteiger partial charge >= 0.3 is 0 Å². The van der Waals surface area contributed by atoms with Gasteiger partial charge in [-0.2, -0.15) is 5.10 Å². The number of amides is 3. The van der Waals surface area contributed by atoms with E-state index in [4.69, 9.17) is 0 Å². The van der Waals surface area contributed by atoms with Crippen LogP contribution in [0.25, 0.3) is 11.1 Å². The molecule has 31 heavy (non-hydrogen) atoms. The minimum Gasteiger partial charge on any atom is -0.338 e. The fourth-order valence-electron chi connectivity index (χ4n) is 3.20. The Morgan fingerprint density at radius 3 is 2.71 bits per heavy atom. The van der Waals surface area contributed by atoms with Gasteiger partial charge in [0, 0.05) is 23.9 Å². The summed E-state index contributed by atoms with van der Waals surface area (Å²) in [6.07, 6.45) is 7.27. The first-order valence-electron chi connectivity index (χ1n) is 10.6. The van der Waals surface area contributed by atoms with Crippen LogP contribution in [0.1, 0.15) is 49.9 Å². The average Bonchev–Trinajstić information content (AvgIpc) is 3.27. The van der Waals surface area contributed by atoms with Gasteiger partial charge in [-0.15, -0.1) is 0 Å². The SMILES string of the molecule is CCCCCC(CN(O)C=O)C(=O)NCNC(=O)c1cccc(-c2cnn(CC)c2)c1. The molecule has 0 aliphatic heterocycles. The molecule has 1 unspecified atom stereocenters. The van der Waals surface area contributed by atoms with Crippen molar-refractivity contribution in [2.75, 3.05) is 13.2 Å². The van der Waals surface area contributed by atoms with Gasteiger partial charge < -0.3 is 10.6 Å². The van der Waals surface area contributed by atoms with Crippen LogP contribution in [0.2, 0.25) is 0 Å². The van der Waals surface area contributed by atoms with Crippen molar-refractivity contribution in [1.29, 1.82) is 0 Å². The zero-order chi connectivity index (χ0) is 22.6. The molecule has 9 heteroatoms. The first-order valence-corrected chi connectivity index (χ1v) is 10.6. The molecule has 0 aliphatic rings. The first-order chi connectivity index (χ1) is 15.0. The monoisotopic (exact) mass is 429 g/mol. The first kappa shape index (κ1) is 24.1. The summed E-state index contributed by atoms with van der Waals surface area (Å²) in [7, 11) is 0. The summed E-state index contributed by atoms with van der Waals surface area (Å²) in [6.45, 7) is 4.69. The molecule has 0 saturated heterocycles. The molecule has 9 nitrogen and oxygen atoms in total. The van der Waals surface area contributed by atoms with Crippen molar-refractivity contribution in [1.82, 2.24) is 25.5 Å². The van der Waals surface area contributed by atoms with Crippen LogP contribution >= 0.6 is 0 Å². The van der Waals surface area contributed by atoms with Crippen molar-refractivity contribution in [3.63, 3.8) is 0 Å². The van der Waals surface area contributed by atoms with Gasteiger partial charge in [0.1, 0.15) is 0 Å². The number of nitrogens with one attached hydrogen (secondary N) is 2. The lowest BCUT2D eigenvalue weighted by atomic mass is 10.0. The lowest BCUT2D eigenvalue weighted by molar-refractivity contribution is -0.154. The summed E-state index contributed by atoms with van der Waals surface area (Å²) < 4.78 is 1.81. The molecule has 1 aromatic carbocycles. The van der Waals surface area contributed by atoms with Crippen LogP contribution in [-0.2, 0) is 16.1 Å². The number of aryl methyl sites for hydroxylation is 1. The van der Waals surface area contributed by atoms with Gasteiger partial charge in [0.2, 0.25) is 12.3 Å². The highest BCUT2D eigenvalue weighted by atomic mass is 16.5. The van der Waals surface area contributed by atoms with Crippen molar-refractivity contribution >= 4 is 18.2 Å². The minimum atomic E-state index is -0.544. The summed E-state index contributed by atoms with van der Waals surface area (Å²) >= 11 is 0. The number of hydroxylamine groups is 2. The maximum Gasteiger partial charge on any atom is 0.252 e. The van der Waals surface area contributed by atoms with Crippen molar-refractivity contribution in [3.8, 4) is 11.1 Å². The Morgan fingerprint density at radius 1 is 1.23 bits per heavy atom. The minimum absolute atomic E-state index is 0.0491. The van der Waals surface area contributed by atoms with Gasteiger partial charge in [0.15, 0.2) is 0 Å². The molecule has 1 atom stereocenters. The maximum atomic E-state index is 12.5. The number of carbonyl (C=O) groups is 3. The predicted molar refractivity (Wildman–Crippen MR) is 116 cm³/mol. The van der Waals surface area contributed by atoms with E-state index in [9.17, 15) is 19.6 Å². The normalized spacial score (nSPS) is 11.6.